The van der Waals surface area contributed by atoms with Crippen molar-refractivity contribution in [2.24, 2.45) is 0 Å². The van der Waals surface area contributed by atoms with E-state index in [2.05, 4.69) is 48.5 Å². The third-order valence-corrected chi connectivity index (χ3v) is 8.00. The van der Waals surface area contributed by atoms with Crippen molar-refractivity contribution in [3.05, 3.63) is 151 Å². The van der Waals surface area contributed by atoms with Gasteiger partial charge in [-0.2, -0.15) is 5.26 Å². The van der Waals surface area contributed by atoms with Gasteiger partial charge in [-0.25, -0.2) is 15.0 Å². The van der Waals surface area contributed by atoms with Crippen LogP contribution in [0.25, 0.3) is 78.4 Å². The second-order valence-electron chi connectivity index (χ2n) is 10.8. The van der Waals surface area contributed by atoms with Gasteiger partial charge in [0, 0.05) is 33.0 Å². The number of benzene rings is 6. The van der Waals surface area contributed by atoms with Gasteiger partial charge in [0.1, 0.15) is 11.2 Å². The van der Waals surface area contributed by atoms with Gasteiger partial charge in [0.2, 0.25) is 0 Å². The minimum Gasteiger partial charge on any atom is -0.455 e. The van der Waals surface area contributed by atoms with Gasteiger partial charge < -0.3 is 4.42 Å². The number of nitriles is 1. The van der Waals surface area contributed by atoms with Gasteiger partial charge in [-0.1, -0.05) is 121 Å². The molecule has 0 atom stereocenters. The molecule has 6 aromatic carbocycles. The summed E-state index contributed by atoms with van der Waals surface area (Å²) in [6.45, 7) is 0. The molecule has 5 heteroatoms. The fourth-order valence-corrected chi connectivity index (χ4v) is 5.76. The molecule has 210 valence electrons. The number of aromatic nitrogens is 3. The van der Waals surface area contributed by atoms with Crippen LogP contribution in [-0.2, 0) is 0 Å². The zero-order chi connectivity index (χ0) is 30.2. The average Bonchev–Trinajstić information content (AvgIpc) is 3.52. The summed E-state index contributed by atoms with van der Waals surface area (Å²) in [7, 11) is 0. The van der Waals surface area contributed by atoms with Crippen molar-refractivity contribution in [2.75, 3.05) is 0 Å². The summed E-state index contributed by atoms with van der Waals surface area (Å²) in [6.07, 6.45) is 0. The van der Waals surface area contributed by atoms with Crippen LogP contribution in [0.15, 0.2) is 150 Å². The SMILES string of the molecule is N#Cc1ccc(-c2ccc(-c3ccc(-c4nc(-c5ccccc5)nc(-c5ccccc5)n4)cc3)c3oc4ccccc4c23)cc1. The minimum atomic E-state index is 0.610. The molecule has 0 N–H and O–H groups in total. The molecule has 0 saturated heterocycles. The molecule has 0 aliphatic carbocycles. The quantitative estimate of drug-likeness (QED) is 0.204. The summed E-state index contributed by atoms with van der Waals surface area (Å²) < 4.78 is 6.50. The molecule has 0 aliphatic heterocycles. The maximum Gasteiger partial charge on any atom is 0.164 e. The number of para-hydroxylation sites is 1. The number of hydrogen-bond acceptors (Lipinski definition) is 5. The van der Waals surface area contributed by atoms with E-state index in [0.717, 1.165) is 60.9 Å². The molecule has 5 nitrogen and oxygen atoms in total. The zero-order valence-electron chi connectivity index (χ0n) is 24.1. The van der Waals surface area contributed by atoms with E-state index in [1.54, 1.807) is 0 Å². The molecular weight excluding hydrogens is 552 g/mol. The summed E-state index contributed by atoms with van der Waals surface area (Å²) in [5.41, 5.74) is 9.17. The van der Waals surface area contributed by atoms with Gasteiger partial charge in [-0.3, -0.25) is 0 Å². The average molecular weight is 577 g/mol. The normalized spacial score (nSPS) is 11.1. The predicted octanol–water partition coefficient (Wildman–Crippen LogP) is 9.98. The van der Waals surface area contributed by atoms with Gasteiger partial charge in [0.05, 0.1) is 11.6 Å². The molecule has 0 bridgehead atoms. The van der Waals surface area contributed by atoms with Crippen molar-refractivity contribution in [1.29, 1.82) is 5.26 Å². The van der Waals surface area contributed by atoms with E-state index in [-0.39, 0.29) is 0 Å². The lowest BCUT2D eigenvalue weighted by Gasteiger charge is -2.10. The van der Waals surface area contributed by atoms with Gasteiger partial charge in [0.15, 0.2) is 17.5 Å². The van der Waals surface area contributed by atoms with Crippen molar-refractivity contribution in [3.63, 3.8) is 0 Å². The lowest BCUT2D eigenvalue weighted by atomic mass is 9.94. The van der Waals surface area contributed by atoms with Gasteiger partial charge in [-0.05, 0) is 41.0 Å². The Bertz CT molecular complexity index is 2300. The summed E-state index contributed by atoms with van der Waals surface area (Å²) in [4.78, 5) is 14.6. The molecule has 0 radical (unpaired) electrons. The fraction of sp³-hybridized carbons (Fsp3) is 0. The zero-order valence-corrected chi connectivity index (χ0v) is 24.1. The Morgan fingerprint density at radius 1 is 0.444 bits per heavy atom. The highest BCUT2D eigenvalue weighted by atomic mass is 16.3. The Hall–Kier alpha value is -6.38. The third kappa shape index (κ3) is 4.81. The van der Waals surface area contributed by atoms with E-state index in [1.807, 2.05) is 103 Å². The standard InChI is InChI=1S/C40H24N4O/c41-25-26-15-17-27(18-16-26)32-23-24-33(37-36(32)34-13-7-8-14-35(34)45-37)28-19-21-31(22-20-28)40-43-38(29-9-3-1-4-10-29)42-39(44-40)30-11-5-2-6-12-30/h1-24H. The highest BCUT2D eigenvalue weighted by Crippen LogP contribution is 2.42. The molecule has 0 saturated carbocycles. The second-order valence-corrected chi connectivity index (χ2v) is 10.8. The lowest BCUT2D eigenvalue weighted by molar-refractivity contribution is 0.670. The molecule has 0 aliphatic rings. The largest absolute Gasteiger partial charge is 0.455 e. The summed E-state index contributed by atoms with van der Waals surface area (Å²) >= 11 is 0. The first kappa shape index (κ1) is 26.3. The van der Waals surface area contributed by atoms with Gasteiger partial charge in [-0.15, -0.1) is 0 Å². The Morgan fingerprint density at radius 2 is 0.911 bits per heavy atom. The second kappa shape index (κ2) is 11.0. The fourth-order valence-electron chi connectivity index (χ4n) is 5.76. The van der Waals surface area contributed by atoms with Crippen LogP contribution in [0.4, 0.5) is 0 Å². The van der Waals surface area contributed by atoms with Crippen LogP contribution in [0.2, 0.25) is 0 Å². The van der Waals surface area contributed by atoms with Crippen molar-refractivity contribution in [2.45, 2.75) is 0 Å². The third-order valence-electron chi connectivity index (χ3n) is 8.00. The molecule has 2 heterocycles. The van der Waals surface area contributed by atoms with Gasteiger partial charge >= 0.3 is 0 Å². The first-order valence-electron chi connectivity index (χ1n) is 14.7. The first-order valence-corrected chi connectivity index (χ1v) is 14.7. The van der Waals surface area contributed by atoms with E-state index in [0.29, 0.717) is 23.0 Å². The lowest BCUT2D eigenvalue weighted by Crippen LogP contribution is -2.00. The molecule has 0 unspecified atom stereocenters. The Morgan fingerprint density at radius 3 is 1.51 bits per heavy atom. The molecule has 0 spiro atoms. The van der Waals surface area contributed by atoms with E-state index >= 15 is 0 Å². The molecular formula is C40H24N4O. The van der Waals surface area contributed by atoms with E-state index in [9.17, 15) is 5.26 Å². The van der Waals surface area contributed by atoms with E-state index in [1.165, 1.54) is 0 Å². The highest BCUT2D eigenvalue weighted by molar-refractivity contribution is 6.16. The number of fused-ring (bicyclic) bond motifs is 3. The summed E-state index contributed by atoms with van der Waals surface area (Å²) in [5, 5.41) is 11.4. The molecule has 8 rings (SSSR count). The van der Waals surface area contributed by atoms with Crippen LogP contribution >= 0.6 is 0 Å². The summed E-state index contributed by atoms with van der Waals surface area (Å²) in [5.74, 6) is 1.87. The maximum atomic E-state index is 9.29. The van der Waals surface area contributed by atoms with Crippen molar-refractivity contribution < 1.29 is 4.42 Å². The number of nitrogens with zero attached hydrogens (tertiary/aromatic N) is 4. The minimum absolute atomic E-state index is 0.610. The predicted molar refractivity (Wildman–Crippen MR) is 179 cm³/mol. The van der Waals surface area contributed by atoms with Crippen LogP contribution in [0.1, 0.15) is 5.56 Å². The summed E-state index contributed by atoms with van der Waals surface area (Å²) in [6, 6.07) is 50.5. The monoisotopic (exact) mass is 576 g/mol. The smallest absolute Gasteiger partial charge is 0.164 e. The van der Waals surface area contributed by atoms with Crippen molar-refractivity contribution in [1.82, 2.24) is 15.0 Å². The topological polar surface area (TPSA) is 75.6 Å². The molecule has 8 aromatic rings. The Balaban J connectivity index is 1.24. The van der Waals surface area contributed by atoms with Gasteiger partial charge in [0.25, 0.3) is 0 Å². The first-order chi connectivity index (χ1) is 22.2. The molecule has 2 aromatic heterocycles. The maximum absolute atomic E-state index is 9.29. The van der Waals surface area contributed by atoms with E-state index in [4.69, 9.17) is 19.4 Å². The van der Waals surface area contributed by atoms with Crippen LogP contribution in [-0.4, -0.2) is 15.0 Å². The molecule has 0 fully saturated rings. The Labute approximate surface area is 259 Å². The Kier molecular flexibility index (Phi) is 6.44. The highest BCUT2D eigenvalue weighted by Gasteiger charge is 2.18. The van der Waals surface area contributed by atoms with Crippen LogP contribution in [0.5, 0.6) is 0 Å². The van der Waals surface area contributed by atoms with E-state index < -0.39 is 0 Å². The number of rotatable bonds is 5. The van der Waals surface area contributed by atoms with Crippen LogP contribution in [0, 0.1) is 11.3 Å². The molecule has 45 heavy (non-hydrogen) atoms. The number of hydrogen-bond donors (Lipinski definition) is 0. The molecule has 0 amide bonds. The number of furan rings is 1. The van der Waals surface area contributed by atoms with Crippen LogP contribution < -0.4 is 0 Å². The van der Waals surface area contributed by atoms with Crippen molar-refractivity contribution >= 4 is 21.9 Å². The van der Waals surface area contributed by atoms with Crippen molar-refractivity contribution in [3.8, 4) is 62.5 Å². The van der Waals surface area contributed by atoms with Crippen LogP contribution in [0.3, 0.4) is 0 Å².